The van der Waals surface area contributed by atoms with Gasteiger partial charge in [-0.3, -0.25) is 9.78 Å². The smallest absolute Gasteiger partial charge is 0.408 e. The summed E-state index contributed by atoms with van der Waals surface area (Å²) >= 11 is 1.41. The lowest BCUT2D eigenvalue weighted by molar-refractivity contribution is -0.124. The molecule has 5 N–H and O–H groups in total. The van der Waals surface area contributed by atoms with Crippen LogP contribution >= 0.6 is 11.3 Å². The lowest BCUT2D eigenvalue weighted by Crippen LogP contribution is -2.52. The van der Waals surface area contributed by atoms with Gasteiger partial charge in [-0.15, -0.1) is 11.3 Å². The van der Waals surface area contributed by atoms with Crippen LogP contribution in [-0.4, -0.2) is 65.6 Å². The van der Waals surface area contributed by atoms with Crippen molar-refractivity contribution in [3.8, 4) is 0 Å². The minimum Gasteiger partial charge on any atom is -0.444 e. The van der Waals surface area contributed by atoms with E-state index in [-0.39, 0.29) is 31.2 Å². The summed E-state index contributed by atoms with van der Waals surface area (Å²) in [5.74, 6) is -0.347. The number of aliphatic hydroxyl groups is 1. The Morgan fingerprint density at radius 2 is 1.60 bits per heavy atom. The number of carbonyl (C=O) groups is 3. The minimum atomic E-state index is -0.867. The molecule has 12 heteroatoms. The molecule has 1 heterocycles. The number of rotatable bonds is 17. The Bertz CT molecular complexity index is 1290. The second-order valence-electron chi connectivity index (χ2n) is 11.6. The highest BCUT2D eigenvalue weighted by atomic mass is 32.1. The number of hydrogen-bond acceptors (Lipinski definition) is 9. The highest BCUT2D eigenvalue weighted by Gasteiger charge is 2.27. The molecular formula is C33H45N5O6S. The molecule has 3 atom stereocenters. The normalized spacial score (nSPS) is 13.2. The molecule has 0 aliphatic heterocycles. The summed E-state index contributed by atoms with van der Waals surface area (Å²) in [4.78, 5) is 43.9. The SMILES string of the molecule is CC(C)(C)OC(=O)N[C@@H](CCNCCO)C(=O)N[C@H](CC[C@@H](NC(=O)OCc1cncs1)c1ccccc1)Cc1ccccc1. The summed E-state index contributed by atoms with van der Waals surface area (Å²) in [7, 11) is 0. The molecule has 244 valence electrons. The van der Waals surface area contributed by atoms with Gasteiger partial charge in [-0.1, -0.05) is 60.7 Å². The first-order valence-electron chi connectivity index (χ1n) is 15.1. The Hall–Kier alpha value is -4.00. The van der Waals surface area contributed by atoms with Crippen molar-refractivity contribution in [2.75, 3.05) is 19.7 Å². The van der Waals surface area contributed by atoms with Crippen LogP contribution in [0.15, 0.2) is 72.4 Å². The van der Waals surface area contributed by atoms with Crippen molar-refractivity contribution in [1.82, 2.24) is 26.3 Å². The van der Waals surface area contributed by atoms with Crippen molar-refractivity contribution in [3.63, 3.8) is 0 Å². The summed E-state index contributed by atoms with van der Waals surface area (Å²) < 4.78 is 10.8. The topological polar surface area (TPSA) is 151 Å². The van der Waals surface area contributed by atoms with Crippen LogP contribution in [0.5, 0.6) is 0 Å². The third-order valence-corrected chi connectivity index (χ3v) is 7.46. The highest BCUT2D eigenvalue weighted by molar-refractivity contribution is 7.09. The number of nitrogens with one attached hydrogen (secondary N) is 4. The number of carbonyl (C=O) groups excluding carboxylic acids is 3. The van der Waals surface area contributed by atoms with Gasteiger partial charge in [-0.25, -0.2) is 9.59 Å². The Balaban J connectivity index is 1.73. The van der Waals surface area contributed by atoms with E-state index in [0.717, 1.165) is 16.0 Å². The van der Waals surface area contributed by atoms with Gasteiger partial charge < -0.3 is 35.8 Å². The monoisotopic (exact) mass is 639 g/mol. The van der Waals surface area contributed by atoms with Gasteiger partial charge in [-0.2, -0.15) is 0 Å². The molecule has 0 spiro atoms. The van der Waals surface area contributed by atoms with Gasteiger partial charge >= 0.3 is 12.2 Å². The predicted octanol–water partition coefficient (Wildman–Crippen LogP) is 4.48. The molecule has 2 aromatic carbocycles. The van der Waals surface area contributed by atoms with Gasteiger partial charge in [0.15, 0.2) is 0 Å². The van der Waals surface area contributed by atoms with E-state index in [1.54, 1.807) is 32.5 Å². The number of benzene rings is 2. The van der Waals surface area contributed by atoms with Crippen LogP contribution in [0.3, 0.4) is 0 Å². The minimum absolute atomic E-state index is 0.0368. The quantitative estimate of drug-likeness (QED) is 0.136. The zero-order valence-corrected chi connectivity index (χ0v) is 27.0. The molecule has 3 aromatic rings. The highest BCUT2D eigenvalue weighted by Crippen LogP contribution is 2.21. The number of ether oxygens (including phenoxy) is 2. The van der Waals surface area contributed by atoms with E-state index in [9.17, 15) is 14.4 Å². The number of thiazole rings is 1. The molecule has 45 heavy (non-hydrogen) atoms. The molecule has 0 radical (unpaired) electrons. The van der Waals surface area contributed by atoms with Crippen molar-refractivity contribution in [2.45, 2.75) is 76.8 Å². The zero-order valence-electron chi connectivity index (χ0n) is 26.2. The average molecular weight is 640 g/mol. The summed E-state index contributed by atoms with van der Waals surface area (Å²) in [6.07, 6.45) is 2.32. The number of amides is 3. The van der Waals surface area contributed by atoms with Crippen LogP contribution in [-0.2, 0) is 27.3 Å². The molecule has 1 aromatic heterocycles. The van der Waals surface area contributed by atoms with Crippen LogP contribution in [0.25, 0.3) is 0 Å². The second kappa shape index (κ2) is 18.7. The van der Waals surface area contributed by atoms with Crippen molar-refractivity contribution < 1.29 is 29.0 Å². The van der Waals surface area contributed by atoms with Crippen LogP contribution in [0.4, 0.5) is 9.59 Å². The fourth-order valence-electron chi connectivity index (χ4n) is 4.60. The molecule has 11 nitrogen and oxygen atoms in total. The van der Waals surface area contributed by atoms with Crippen LogP contribution in [0.1, 0.15) is 62.1 Å². The fraction of sp³-hybridized carbons (Fsp3) is 0.455. The van der Waals surface area contributed by atoms with Crippen LogP contribution in [0.2, 0.25) is 0 Å². The van der Waals surface area contributed by atoms with Crippen molar-refractivity contribution >= 4 is 29.4 Å². The van der Waals surface area contributed by atoms with E-state index in [2.05, 4.69) is 26.3 Å². The lowest BCUT2D eigenvalue weighted by atomic mass is 9.95. The molecular weight excluding hydrogens is 594 g/mol. The van der Waals surface area contributed by atoms with Gasteiger partial charge in [0.2, 0.25) is 5.91 Å². The maximum Gasteiger partial charge on any atom is 0.408 e. The number of aromatic nitrogens is 1. The fourth-order valence-corrected chi connectivity index (χ4v) is 5.11. The summed E-state index contributed by atoms with van der Waals surface area (Å²) in [6, 6.07) is 17.9. The molecule has 3 amide bonds. The van der Waals surface area contributed by atoms with E-state index >= 15 is 0 Å². The Kier molecular flexibility index (Phi) is 14.8. The first-order chi connectivity index (χ1) is 21.6. The van der Waals surface area contributed by atoms with Crippen molar-refractivity contribution in [2.24, 2.45) is 0 Å². The molecule has 0 saturated heterocycles. The Labute approximate surface area is 269 Å². The molecule has 0 bridgehead atoms. The molecule has 3 rings (SSSR count). The maximum absolute atomic E-state index is 13.6. The number of hydrogen-bond donors (Lipinski definition) is 5. The van der Waals surface area contributed by atoms with E-state index in [1.165, 1.54) is 11.3 Å². The molecule has 0 aliphatic carbocycles. The molecule has 0 unspecified atom stereocenters. The van der Waals surface area contributed by atoms with Gasteiger partial charge in [0.25, 0.3) is 0 Å². The number of aliphatic hydroxyl groups excluding tert-OH is 1. The van der Waals surface area contributed by atoms with E-state index in [0.29, 0.717) is 38.8 Å². The summed E-state index contributed by atoms with van der Waals surface area (Å²) in [5, 5.41) is 21.0. The molecule has 0 fully saturated rings. The molecule has 0 aliphatic rings. The first-order valence-corrected chi connectivity index (χ1v) is 16.0. The Morgan fingerprint density at radius 1 is 0.889 bits per heavy atom. The summed E-state index contributed by atoms with van der Waals surface area (Å²) in [6.45, 7) is 6.14. The Morgan fingerprint density at radius 3 is 2.24 bits per heavy atom. The summed E-state index contributed by atoms with van der Waals surface area (Å²) in [5.41, 5.74) is 2.91. The van der Waals surface area contributed by atoms with Gasteiger partial charge in [-0.05, 0) is 64.1 Å². The van der Waals surface area contributed by atoms with E-state index in [1.807, 2.05) is 60.7 Å². The second-order valence-corrected chi connectivity index (χ2v) is 12.6. The predicted molar refractivity (Wildman–Crippen MR) is 174 cm³/mol. The van der Waals surface area contributed by atoms with E-state index < -0.39 is 23.8 Å². The third kappa shape index (κ3) is 14.1. The number of alkyl carbamates (subject to hydrolysis) is 2. The van der Waals surface area contributed by atoms with Gasteiger partial charge in [0.05, 0.1) is 23.0 Å². The third-order valence-electron chi connectivity index (χ3n) is 6.70. The van der Waals surface area contributed by atoms with Gasteiger partial charge in [0.1, 0.15) is 18.2 Å². The number of nitrogens with zero attached hydrogens (tertiary/aromatic N) is 1. The zero-order chi connectivity index (χ0) is 32.5. The van der Waals surface area contributed by atoms with Crippen molar-refractivity contribution in [1.29, 1.82) is 0 Å². The largest absolute Gasteiger partial charge is 0.444 e. The van der Waals surface area contributed by atoms with Crippen LogP contribution < -0.4 is 21.3 Å². The van der Waals surface area contributed by atoms with E-state index in [4.69, 9.17) is 14.6 Å². The molecule has 0 saturated carbocycles. The average Bonchev–Trinajstić information content (AvgIpc) is 3.53. The van der Waals surface area contributed by atoms with Crippen LogP contribution in [0, 0.1) is 0 Å². The van der Waals surface area contributed by atoms with Gasteiger partial charge in [0, 0.05) is 18.8 Å². The van der Waals surface area contributed by atoms with Crippen molar-refractivity contribution in [3.05, 3.63) is 88.4 Å². The lowest BCUT2D eigenvalue weighted by Gasteiger charge is -2.27. The maximum atomic E-state index is 13.6. The standard InChI is InChI=1S/C33H45N5O6S/c1-33(2,3)44-32(42)38-29(16-17-34-18-19-39)30(40)36-26(20-24-10-6-4-7-11-24)14-15-28(25-12-8-5-9-13-25)37-31(41)43-22-27-21-35-23-45-27/h4-13,21,23,26,28-29,34,39H,14-20,22H2,1-3H3,(H,36,40)(H,37,41)(H,38,42)/t26-,28-,29+/m1/s1. The first kappa shape index (κ1) is 35.5.